The molecule has 2 amide bonds. The highest BCUT2D eigenvalue weighted by molar-refractivity contribution is 7.19. The average molecular weight is 733 g/mol. The van der Waals surface area contributed by atoms with E-state index in [1.54, 1.807) is 0 Å². The van der Waals surface area contributed by atoms with Crippen LogP contribution in [0.4, 0.5) is 18.9 Å². The number of aliphatic carboxylic acids is 1. The van der Waals surface area contributed by atoms with Gasteiger partial charge in [-0.15, -0.1) is 0 Å². The molecule has 0 spiro atoms. The lowest BCUT2D eigenvalue weighted by atomic mass is 9.71. The lowest BCUT2D eigenvalue weighted by Gasteiger charge is -2.34. The quantitative estimate of drug-likeness (QED) is 0.206. The van der Waals surface area contributed by atoms with Crippen LogP contribution in [-0.2, 0) is 22.4 Å². The van der Waals surface area contributed by atoms with Crippen molar-refractivity contribution in [3.8, 4) is 0 Å². The number of carbonyl (C=O) groups is 3. The highest BCUT2D eigenvalue weighted by Crippen LogP contribution is 2.38. The van der Waals surface area contributed by atoms with E-state index in [4.69, 9.17) is 19.9 Å². The summed E-state index contributed by atoms with van der Waals surface area (Å²) in [5, 5.41) is 27.1. The normalized spacial score (nSPS) is 20.6. The fraction of sp³-hybridized carbons (Fsp3) is 0.583. The summed E-state index contributed by atoms with van der Waals surface area (Å²) in [7, 11) is 0. The number of piperidine rings is 1. The molecule has 3 aromatic rings. The van der Waals surface area contributed by atoms with Crippen LogP contribution >= 0.6 is 11.3 Å². The summed E-state index contributed by atoms with van der Waals surface area (Å²) in [5.74, 6) is -2.36. The molecule has 1 aromatic carbocycles. The second-order valence-corrected chi connectivity index (χ2v) is 15.7. The Hall–Kier alpha value is -3.66. The number of hydrogen-bond acceptors (Lipinski definition) is 9. The van der Waals surface area contributed by atoms with E-state index in [1.807, 2.05) is 24.3 Å². The van der Waals surface area contributed by atoms with E-state index >= 15 is 0 Å². The second-order valence-electron chi connectivity index (χ2n) is 14.7. The average Bonchev–Trinajstić information content (AvgIpc) is 3.76. The van der Waals surface area contributed by atoms with E-state index in [0.29, 0.717) is 23.9 Å². The van der Waals surface area contributed by atoms with Crippen molar-refractivity contribution in [3.05, 3.63) is 52.2 Å². The lowest BCUT2D eigenvalue weighted by molar-refractivity contribution is -0.192. The van der Waals surface area contributed by atoms with Crippen LogP contribution in [-0.4, -0.2) is 87.9 Å². The maximum absolute atomic E-state index is 13.7. The van der Waals surface area contributed by atoms with E-state index < -0.39 is 12.1 Å². The topological polar surface area (TPSA) is 157 Å². The zero-order valence-electron chi connectivity index (χ0n) is 29.2. The third-order valence-electron chi connectivity index (χ3n) is 9.99. The van der Waals surface area contributed by atoms with E-state index in [9.17, 15) is 27.9 Å². The maximum Gasteiger partial charge on any atom is 0.490 e. The first kappa shape index (κ1) is 38.6. The number of aliphatic hydroxyl groups is 1. The number of nitrogens with one attached hydrogen (secondary N) is 3. The van der Waals surface area contributed by atoms with Gasteiger partial charge in [0.15, 0.2) is 5.01 Å². The van der Waals surface area contributed by atoms with Crippen LogP contribution in [0.15, 0.2) is 30.3 Å². The van der Waals surface area contributed by atoms with E-state index in [2.05, 4.69) is 47.7 Å². The van der Waals surface area contributed by atoms with Gasteiger partial charge in [0.1, 0.15) is 10.3 Å². The van der Waals surface area contributed by atoms with Crippen LogP contribution < -0.4 is 16.0 Å². The summed E-state index contributed by atoms with van der Waals surface area (Å²) in [6.45, 7) is 11.0. The highest BCUT2D eigenvalue weighted by atomic mass is 32.1. The molecule has 3 atom stereocenters. The van der Waals surface area contributed by atoms with Crippen LogP contribution in [0.1, 0.15) is 85.5 Å². The van der Waals surface area contributed by atoms with Gasteiger partial charge in [-0.05, 0) is 92.1 Å². The van der Waals surface area contributed by atoms with Gasteiger partial charge in [0.25, 0.3) is 5.91 Å². The van der Waals surface area contributed by atoms with Crippen LogP contribution in [0, 0.1) is 17.3 Å². The molecule has 1 aliphatic carbocycles. The number of halogens is 3. The number of amides is 2. The van der Waals surface area contributed by atoms with Crippen molar-refractivity contribution in [2.75, 3.05) is 38.0 Å². The van der Waals surface area contributed by atoms with E-state index in [-0.39, 0.29) is 35.3 Å². The van der Waals surface area contributed by atoms with Gasteiger partial charge in [0.2, 0.25) is 5.91 Å². The molecule has 3 aliphatic rings. The Morgan fingerprint density at radius 2 is 1.80 bits per heavy atom. The van der Waals surface area contributed by atoms with E-state index in [0.717, 1.165) is 92.0 Å². The standard InChI is InChI=1S/C34H46N6O3S.C2HF3O2/c1-34(2,3)24-7-8-27-23(17-24)19-29-32(38-27)44-33(39-29)31(43)37-28(12-16-40-14-10-26(41)11-15-40)21-5-4-6-25(18-21)36-30(42)22-9-13-35-20-22;3-2(4,5)1(6)7/h4-6,18-19,22,24,26,28,35,41H,7-17,20H2,1-3H3,(H,36,42)(H,37,43);(H,6,7)/t22?,24-,28+;/m0./s1. The minimum Gasteiger partial charge on any atom is -0.475 e. The fourth-order valence-electron chi connectivity index (χ4n) is 6.80. The number of benzene rings is 1. The first-order chi connectivity index (χ1) is 24.1. The molecule has 6 rings (SSSR count). The molecule has 11 nitrogen and oxygen atoms in total. The van der Waals surface area contributed by atoms with Gasteiger partial charge in [-0.2, -0.15) is 13.2 Å². The summed E-state index contributed by atoms with van der Waals surface area (Å²) in [6.07, 6.45) is 0.878. The molecule has 2 aliphatic heterocycles. The summed E-state index contributed by atoms with van der Waals surface area (Å²) >= 11 is 1.36. The number of aryl methyl sites for hydroxylation is 1. The smallest absolute Gasteiger partial charge is 0.475 e. The molecule has 2 aromatic heterocycles. The van der Waals surface area contributed by atoms with Crippen LogP contribution in [0.2, 0.25) is 0 Å². The Bertz CT molecular complexity index is 1700. The van der Waals surface area contributed by atoms with Gasteiger partial charge in [-0.3, -0.25) is 9.59 Å². The predicted molar refractivity (Wildman–Crippen MR) is 189 cm³/mol. The van der Waals surface area contributed by atoms with Crippen molar-refractivity contribution in [1.29, 1.82) is 0 Å². The summed E-state index contributed by atoms with van der Waals surface area (Å²) < 4.78 is 31.7. The third-order valence-corrected chi connectivity index (χ3v) is 11.0. The first-order valence-electron chi connectivity index (χ1n) is 17.5. The lowest BCUT2D eigenvalue weighted by Crippen LogP contribution is -2.38. The second kappa shape index (κ2) is 16.3. The largest absolute Gasteiger partial charge is 0.490 e. The molecular weight excluding hydrogens is 685 g/mol. The number of likely N-dealkylation sites (tertiary alicyclic amines) is 1. The number of hydrogen-bond donors (Lipinski definition) is 5. The zero-order valence-corrected chi connectivity index (χ0v) is 30.0. The first-order valence-corrected chi connectivity index (χ1v) is 18.3. The van der Waals surface area contributed by atoms with Crippen molar-refractivity contribution in [3.63, 3.8) is 0 Å². The van der Waals surface area contributed by atoms with Crippen molar-refractivity contribution in [2.24, 2.45) is 17.3 Å². The molecule has 15 heteroatoms. The van der Waals surface area contributed by atoms with Gasteiger partial charge < -0.3 is 31.1 Å². The van der Waals surface area contributed by atoms with Gasteiger partial charge >= 0.3 is 12.1 Å². The van der Waals surface area contributed by atoms with Crippen LogP contribution in [0.25, 0.3) is 10.3 Å². The molecule has 0 radical (unpaired) electrons. The summed E-state index contributed by atoms with van der Waals surface area (Å²) in [5.41, 5.74) is 5.13. The Kier molecular flexibility index (Phi) is 12.4. The number of rotatable bonds is 8. The Morgan fingerprint density at radius 3 is 2.45 bits per heavy atom. The number of nitrogens with zero attached hydrogens (tertiary/aromatic N) is 3. The zero-order chi connectivity index (χ0) is 36.9. The molecule has 4 heterocycles. The van der Waals surface area contributed by atoms with Gasteiger partial charge in [-0.1, -0.05) is 44.2 Å². The summed E-state index contributed by atoms with van der Waals surface area (Å²) in [4.78, 5) is 48.3. The highest BCUT2D eigenvalue weighted by Gasteiger charge is 2.38. The predicted octanol–water partition coefficient (Wildman–Crippen LogP) is 5.34. The monoisotopic (exact) mass is 732 g/mol. The van der Waals surface area contributed by atoms with Gasteiger partial charge in [0, 0.05) is 37.6 Å². The molecule has 1 unspecified atom stereocenters. The molecule has 278 valence electrons. The molecule has 0 bridgehead atoms. The molecule has 0 saturated carbocycles. The van der Waals surface area contributed by atoms with Crippen LogP contribution in [0.5, 0.6) is 0 Å². The van der Waals surface area contributed by atoms with Crippen molar-refractivity contribution in [2.45, 2.75) is 84.0 Å². The van der Waals surface area contributed by atoms with E-state index in [1.165, 1.54) is 16.9 Å². The number of anilines is 1. The minimum absolute atomic E-state index is 0.0260. The van der Waals surface area contributed by atoms with Crippen molar-refractivity contribution >= 4 is 45.2 Å². The number of aromatic nitrogens is 2. The van der Waals surface area contributed by atoms with Crippen LogP contribution in [0.3, 0.4) is 0 Å². The number of aliphatic hydroxyl groups excluding tert-OH is 1. The number of thiazole rings is 1. The third kappa shape index (κ3) is 10.5. The number of fused-ring (bicyclic) bond motifs is 2. The Morgan fingerprint density at radius 1 is 1.08 bits per heavy atom. The molecule has 51 heavy (non-hydrogen) atoms. The minimum atomic E-state index is -5.08. The fourth-order valence-corrected chi connectivity index (χ4v) is 7.65. The SMILES string of the molecule is CC(C)(C)[C@H]1CCc2nc3sc(C(=O)N[C@H](CCN4CCC(O)CC4)c4cccc(NC(=O)C5CCNC5)c4)nc3cc2C1.O=C(O)C(F)(F)F. The summed E-state index contributed by atoms with van der Waals surface area (Å²) in [6, 6.07) is 9.71. The van der Waals surface area contributed by atoms with Crippen molar-refractivity contribution in [1.82, 2.24) is 25.5 Å². The number of alkyl halides is 3. The van der Waals surface area contributed by atoms with Crippen molar-refractivity contribution < 1.29 is 37.8 Å². The number of carboxylic acid groups (broad SMARTS) is 1. The Labute approximate surface area is 299 Å². The molecule has 2 saturated heterocycles. The molecule has 5 N–H and O–H groups in total. The number of carbonyl (C=O) groups excluding carboxylic acids is 2. The van der Waals surface area contributed by atoms with Gasteiger partial charge in [0.05, 0.1) is 18.1 Å². The molecular formula is C36H47F3N6O5S. The van der Waals surface area contributed by atoms with Gasteiger partial charge in [-0.25, -0.2) is 14.8 Å². The molecule has 2 fully saturated rings. The number of carboxylic acids is 1. The number of pyridine rings is 1. The Balaban J connectivity index is 0.000000654. The maximum atomic E-state index is 13.7.